The Balaban J connectivity index is 0.740. The molecule has 0 bridgehead atoms. The maximum Gasteiger partial charge on any atom is 0.338 e. The number of esters is 13. The van der Waals surface area contributed by atoms with Gasteiger partial charge in [-0.1, -0.05) is 188 Å². The van der Waals surface area contributed by atoms with Gasteiger partial charge in [-0.25, -0.2) is 33.6 Å². The van der Waals surface area contributed by atoms with Gasteiger partial charge in [0.05, 0.1) is 69.8 Å². The molecule has 16 rings (SSSR count). The van der Waals surface area contributed by atoms with Crippen LogP contribution in [-0.4, -0.2) is 220 Å². The van der Waals surface area contributed by atoms with Crippen molar-refractivity contribution >= 4 is 77.6 Å². The zero-order valence-electron chi connectivity index (χ0n) is 83.2. The minimum atomic E-state index is -2.13. The van der Waals surface area contributed by atoms with Crippen LogP contribution < -0.4 is 0 Å². The molecule has 8 fully saturated rings. The molecule has 145 heavy (non-hydrogen) atoms. The first-order valence-corrected chi connectivity index (χ1v) is 49.3. The highest BCUT2D eigenvalue weighted by atomic mass is 16.8. The molecule has 0 amide bonds. The minimum Gasteiger partial charge on any atom is -0.459 e. The van der Waals surface area contributed by atoms with E-state index in [1.807, 2.05) is 0 Å². The van der Waals surface area contributed by atoms with Crippen LogP contribution in [0.1, 0.15) is 227 Å². The van der Waals surface area contributed by atoms with E-state index in [2.05, 4.69) is 54.5 Å². The van der Waals surface area contributed by atoms with E-state index in [0.717, 1.165) is 53.0 Å². The molecule has 0 aromatic heterocycles. The Morgan fingerprint density at radius 1 is 0.338 bits per heavy atom. The van der Waals surface area contributed by atoms with E-state index < -0.39 is 241 Å². The molecule has 0 N–H and O–H groups in total. The summed E-state index contributed by atoms with van der Waals surface area (Å²) in [6.45, 7) is 20.4. The van der Waals surface area contributed by atoms with E-state index in [9.17, 15) is 43.2 Å². The summed E-state index contributed by atoms with van der Waals surface area (Å²) < 4.78 is 129. The number of allylic oxidation sites excluding steroid dienone is 2. The van der Waals surface area contributed by atoms with Crippen molar-refractivity contribution in [3.8, 4) is 0 Å². The Bertz CT molecular complexity index is 5870. The fraction of sp³-hybridized carbons (Fsp3) is 0.491. The normalized spacial score (nSPS) is 32.6. The van der Waals surface area contributed by atoms with E-state index in [-0.39, 0.29) is 74.6 Å². The second kappa shape index (κ2) is 44.2. The molecule has 7 aromatic carbocycles. The third kappa shape index (κ3) is 22.6. The predicted molar refractivity (Wildman–Crippen MR) is 511 cm³/mol. The van der Waals surface area contributed by atoms with Crippen LogP contribution in [0.2, 0.25) is 0 Å². The highest BCUT2D eigenvalue weighted by Gasteiger charge is 2.71. The van der Waals surface area contributed by atoms with Crippen LogP contribution in [-0.2, 0) is 124 Å². The Morgan fingerprint density at radius 3 is 1.21 bits per heavy atom. The van der Waals surface area contributed by atoms with E-state index in [4.69, 9.17) is 94.7 Å². The molecule has 7 aromatic rings. The maximum atomic E-state index is 17.1. The number of fused-ring (bicyclic) bond motifs is 7. The van der Waals surface area contributed by atoms with Gasteiger partial charge >= 0.3 is 77.6 Å². The minimum absolute atomic E-state index is 0.00341. The number of benzene rings is 7. The van der Waals surface area contributed by atoms with Crippen molar-refractivity contribution in [2.45, 2.75) is 277 Å². The van der Waals surface area contributed by atoms with Crippen molar-refractivity contribution < 1.29 is 157 Å². The summed E-state index contributed by atoms with van der Waals surface area (Å²) in [5.41, 5.74) is -2.00. The van der Waals surface area contributed by atoms with Crippen LogP contribution in [0, 0.1) is 50.2 Å². The topological polar surface area (TPSA) is 407 Å². The number of hydrogen-bond acceptors (Lipinski definition) is 33. The van der Waals surface area contributed by atoms with Crippen molar-refractivity contribution in [3.63, 3.8) is 0 Å². The summed E-state index contributed by atoms with van der Waals surface area (Å²) in [5.74, 6) is -12.3. The summed E-state index contributed by atoms with van der Waals surface area (Å²) in [5, 5.41) is 0. The molecule has 5 aliphatic carbocycles. The quantitative estimate of drug-likeness (QED) is 0.0182. The van der Waals surface area contributed by atoms with Gasteiger partial charge in [0.2, 0.25) is 12.4 Å². The SMILES string of the molecule is CC(=O)O[C@@H]1[C@@H](OC(C)=O)[C@H](C)O[C@@H](O[C@H]2[C@H](OC(C)=O)[C@@H](OC(C)=O)[C@H](OC[C@H]3O[C@@H](OC(=O)[C@]45CCC(C)(C)C[C@H]4C4=CC[C@@H]6[C@@]7(C)CC[C@H](O[C@@H]8OC[C@H](OC(=O)c9ccccc9)[C@H](OC(=O)c9ccccc9)[C@H]8OC(=O)c8ccccc8)C(C)(C)[C@@H]7CC[C@@]6(C)[C@]4(C)CC5)[C@H](OC(=O)c4ccccc4)[C@@H](OC(=O)c4ccccc4)[C@@H]3OC(=O)c3ccccc3)O[C@@H]2COC(=O)c2ccccc2)[C@@H]1OC(C)=O. The van der Waals surface area contributed by atoms with Gasteiger partial charge in [0, 0.05) is 34.6 Å². The van der Waals surface area contributed by atoms with Gasteiger partial charge in [0.25, 0.3) is 0 Å². The second-order valence-corrected chi connectivity index (χ2v) is 41.0. The van der Waals surface area contributed by atoms with Crippen LogP contribution >= 0.6 is 0 Å². The van der Waals surface area contributed by atoms with Gasteiger partial charge < -0.3 is 94.7 Å². The van der Waals surface area contributed by atoms with E-state index in [1.54, 1.807) is 164 Å². The Kier molecular flexibility index (Phi) is 32.0. The number of ether oxygens (including phenoxy) is 20. The first-order chi connectivity index (χ1) is 69.3. The lowest BCUT2D eigenvalue weighted by molar-refractivity contribution is -0.362. The van der Waals surface area contributed by atoms with E-state index >= 15 is 19.2 Å². The fourth-order valence-corrected chi connectivity index (χ4v) is 23.8. The van der Waals surface area contributed by atoms with Crippen molar-refractivity contribution in [3.05, 3.63) is 263 Å². The molecule has 4 saturated heterocycles. The first-order valence-electron chi connectivity index (χ1n) is 49.3. The molecule has 33 nitrogen and oxygen atoms in total. The molecule has 9 aliphatic rings. The number of carbonyl (C=O) groups is 13. The third-order valence-corrected chi connectivity index (χ3v) is 30.9. The molecule has 0 radical (unpaired) electrons. The second-order valence-electron chi connectivity index (χ2n) is 41.0. The van der Waals surface area contributed by atoms with Gasteiger partial charge in [-0.15, -0.1) is 0 Å². The average molecular weight is 2000 g/mol. The van der Waals surface area contributed by atoms with Crippen LogP contribution in [0.4, 0.5) is 0 Å². The standard InChI is InChI=1S/C112H124O33/c1-63-84(130-64(2)113)88(131-65(3)114)93(134-68(6)117)104(129-63)144-86-79(60-126-95(118)69-35-21-14-22-36-69)136-102(92(133-67(5)116)89(86)132-66(4)115)127-62-80-85(139-97(120)71-39-25-16-26-40-71)90(141-99(122)73-43-29-18-30-44-73)94(143-101(124)75-47-33-20-34-48-75)105(137-80)145-106(125)112-57-55-107(7,8)59-77(112)76-49-50-82-109(11)53-52-83(108(9,10)81(109)51-54-111(82,13)110(76,12)56-58-112)138-103-91(142-100(123)74-45-31-19-32-46-74)87(140-98(121)72-41-27-17-28-42-72)78(61-128-103)135-96(119)70-37-23-15-24-38-70/h14-49,63,77-94,102-105H,50-62H2,1-13H3/t63-,77-,78-,79+,80+,81-,82+,83-,84-,85+,86+,87-,88+,89-,90-,91+,92+,93+,94+,102+,103-,104-,105-,109-,110+,111+,112-/m0/s1. The molecule has 33 heteroatoms. The van der Waals surface area contributed by atoms with Gasteiger partial charge in [0.1, 0.15) is 24.9 Å². The Labute approximate surface area is 840 Å². The van der Waals surface area contributed by atoms with Crippen LogP contribution in [0.25, 0.3) is 0 Å². The zero-order valence-corrected chi connectivity index (χ0v) is 83.2. The van der Waals surface area contributed by atoms with Crippen molar-refractivity contribution in [2.75, 3.05) is 19.8 Å². The Morgan fingerprint density at radius 2 is 0.724 bits per heavy atom. The summed E-state index contributed by atoms with van der Waals surface area (Å²) in [6, 6.07) is 55.9. The van der Waals surface area contributed by atoms with Gasteiger partial charge in [-0.2, -0.15) is 0 Å². The van der Waals surface area contributed by atoms with Gasteiger partial charge in [0.15, 0.2) is 79.9 Å². The highest BCUT2D eigenvalue weighted by molar-refractivity contribution is 5.94. The molecule has 4 heterocycles. The lowest BCUT2D eigenvalue weighted by Gasteiger charge is -2.71. The monoisotopic (exact) mass is 2000 g/mol. The molecule has 4 aliphatic heterocycles. The van der Waals surface area contributed by atoms with Crippen molar-refractivity contribution in [1.29, 1.82) is 0 Å². The molecular weight excluding hydrogens is 1870 g/mol. The maximum absolute atomic E-state index is 17.1. The Hall–Kier alpha value is -12.9. The highest BCUT2D eigenvalue weighted by Crippen LogP contribution is 2.76. The zero-order chi connectivity index (χ0) is 103. The summed E-state index contributed by atoms with van der Waals surface area (Å²) >= 11 is 0. The van der Waals surface area contributed by atoms with E-state index in [1.165, 1.54) is 55.5 Å². The largest absolute Gasteiger partial charge is 0.459 e. The van der Waals surface area contributed by atoms with Crippen LogP contribution in [0.3, 0.4) is 0 Å². The summed E-state index contributed by atoms with van der Waals surface area (Å²) in [6.07, 6.45) is -26.1. The molecule has 27 atom stereocenters. The van der Waals surface area contributed by atoms with Crippen LogP contribution in [0.5, 0.6) is 0 Å². The average Bonchev–Trinajstić information content (AvgIpc) is 0.672. The number of carbonyl (C=O) groups excluding carboxylic acids is 13. The van der Waals surface area contributed by atoms with Crippen LogP contribution in [0.15, 0.2) is 224 Å². The van der Waals surface area contributed by atoms with Crippen molar-refractivity contribution in [2.24, 2.45) is 50.2 Å². The lowest BCUT2D eigenvalue weighted by atomic mass is 9.33. The number of hydrogen-bond donors (Lipinski definition) is 0. The predicted octanol–water partition coefficient (Wildman–Crippen LogP) is 15.5. The summed E-state index contributed by atoms with van der Waals surface area (Å²) in [4.78, 5) is 187. The summed E-state index contributed by atoms with van der Waals surface area (Å²) in [7, 11) is 0. The molecule has 0 spiro atoms. The van der Waals surface area contributed by atoms with Crippen molar-refractivity contribution in [1.82, 2.24) is 0 Å². The van der Waals surface area contributed by atoms with Gasteiger partial charge in [-0.3, -0.25) is 28.8 Å². The molecular formula is C112H124O33. The molecule has 4 saturated carbocycles. The lowest BCUT2D eigenvalue weighted by Crippen LogP contribution is -2.67. The fourth-order valence-electron chi connectivity index (χ4n) is 23.8. The first kappa shape index (κ1) is 105. The van der Waals surface area contributed by atoms with Gasteiger partial charge in [-0.05, 0) is 201 Å². The third-order valence-electron chi connectivity index (χ3n) is 30.9. The number of rotatable bonds is 29. The molecule has 770 valence electrons. The molecule has 0 unspecified atom stereocenters. The van der Waals surface area contributed by atoms with E-state index in [0.29, 0.717) is 44.9 Å². The smallest absolute Gasteiger partial charge is 0.338 e.